The monoisotopic (exact) mass is 421 g/mol. The lowest BCUT2D eigenvalue weighted by Crippen LogP contribution is -1.84. The van der Waals surface area contributed by atoms with Crippen molar-refractivity contribution >= 4 is 21.8 Å². The Morgan fingerprint density at radius 2 is 1.62 bits per heavy atom. The number of phenols is 1. The van der Waals surface area contributed by atoms with Crippen LogP contribution in [0.3, 0.4) is 0 Å². The lowest BCUT2D eigenvalue weighted by molar-refractivity contribution is 0.469. The Bertz CT molecular complexity index is 1580. The van der Waals surface area contributed by atoms with Crippen molar-refractivity contribution in [2.75, 3.05) is 0 Å². The topological polar surface area (TPSA) is 90.5 Å². The molecule has 4 aromatic heterocycles. The third kappa shape index (κ3) is 2.99. The van der Waals surface area contributed by atoms with Crippen molar-refractivity contribution in [1.82, 2.24) is 25.1 Å². The van der Waals surface area contributed by atoms with Crippen LogP contribution in [0.2, 0.25) is 0 Å². The van der Waals surface area contributed by atoms with E-state index in [0.717, 1.165) is 56.0 Å². The van der Waals surface area contributed by atoms with Crippen molar-refractivity contribution in [2.24, 2.45) is 0 Å². The van der Waals surface area contributed by atoms with Gasteiger partial charge in [0, 0.05) is 41.0 Å². The molecule has 0 saturated heterocycles. The molecule has 0 bridgehead atoms. The van der Waals surface area contributed by atoms with Gasteiger partial charge in [-0.2, -0.15) is 5.10 Å². The normalized spacial score (nSPS) is 11.4. The van der Waals surface area contributed by atoms with Gasteiger partial charge in [0.15, 0.2) is 0 Å². The lowest BCUT2D eigenvalue weighted by atomic mass is 10.0. The van der Waals surface area contributed by atoms with Gasteiger partial charge in [0.25, 0.3) is 0 Å². The average molecular weight is 421 g/mol. The Kier molecular flexibility index (Phi) is 4.01. The number of aromatic nitrogens is 5. The van der Waals surface area contributed by atoms with Crippen LogP contribution in [0.25, 0.3) is 55.4 Å². The SMILES string of the molecule is Oc1cc(F)cc(-c2cncc3[nH]c(-c4n[nH]c5ccc(-c6ccncc6)cc45)cc23)c1. The van der Waals surface area contributed by atoms with E-state index in [0.29, 0.717) is 5.56 Å². The molecule has 0 aliphatic carbocycles. The molecule has 0 amide bonds. The van der Waals surface area contributed by atoms with Gasteiger partial charge < -0.3 is 10.1 Å². The Morgan fingerprint density at radius 1 is 0.750 bits per heavy atom. The Balaban J connectivity index is 1.52. The molecule has 6 nitrogen and oxygen atoms in total. The molecule has 3 N–H and O–H groups in total. The highest BCUT2D eigenvalue weighted by Gasteiger charge is 2.15. The van der Waals surface area contributed by atoms with Gasteiger partial charge in [0.2, 0.25) is 0 Å². The molecular weight excluding hydrogens is 405 g/mol. The highest BCUT2D eigenvalue weighted by molar-refractivity contribution is 6.01. The zero-order valence-electron chi connectivity index (χ0n) is 16.7. The van der Waals surface area contributed by atoms with Crippen LogP contribution in [0.1, 0.15) is 0 Å². The molecule has 2 aromatic carbocycles. The summed E-state index contributed by atoms with van der Waals surface area (Å²) >= 11 is 0. The average Bonchev–Trinajstić information content (AvgIpc) is 3.42. The van der Waals surface area contributed by atoms with Crippen LogP contribution in [0, 0.1) is 5.82 Å². The van der Waals surface area contributed by atoms with E-state index in [2.05, 4.69) is 31.2 Å². The lowest BCUT2D eigenvalue weighted by Gasteiger charge is -2.04. The Labute approximate surface area is 181 Å². The van der Waals surface area contributed by atoms with Crippen LogP contribution >= 0.6 is 0 Å². The molecule has 0 fully saturated rings. The van der Waals surface area contributed by atoms with Gasteiger partial charge in [-0.3, -0.25) is 15.1 Å². The maximum absolute atomic E-state index is 13.9. The second-order valence-corrected chi connectivity index (χ2v) is 7.60. The van der Waals surface area contributed by atoms with E-state index in [4.69, 9.17) is 0 Å². The molecule has 6 rings (SSSR count). The third-order valence-electron chi connectivity index (χ3n) is 5.57. The van der Waals surface area contributed by atoms with Crippen LogP contribution in [0.4, 0.5) is 4.39 Å². The predicted octanol–water partition coefficient (Wildman–Crippen LogP) is 5.68. The van der Waals surface area contributed by atoms with E-state index in [1.54, 1.807) is 24.8 Å². The molecule has 0 saturated carbocycles. The minimum absolute atomic E-state index is 0.130. The van der Waals surface area contributed by atoms with E-state index in [1.165, 1.54) is 12.1 Å². The number of aromatic amines is 2. The first-order valence-corrected chi connectivity index (χ1v) is 10.0. The predicted molar refractivity (Wildman–Crippen MR) is 121 cm³/mol. The number of aromatic hydroxyl groups is 1. The summed E-state index contributed by atoms with van der Waals surface area (Å²) in [6.07, 6.45) is 6.93. The standard InChI is InChI=1S/C25H16FN5O/c26-17-7-16(8-18(32)10-17)21-12-28-13-24-19(21)11-23(29-24)25-20-9-15(1-2-22(20)30-31-25)14-3-5-27-6-4-14/h1-13,29,32H,(H,30,31). The summed E-state index contributed by atoms with van der Waals surface area (Å²) < 4.78 is 13.9. The maximum Gasteiger partial charge on any atom is 0.127 e. The fraction of sp³-hybridized carbons (Fsp3) is 0. The fourth-order valence-electron chi connectivity index (χ4n) is 4.08. The highest BCUT2D eigenvalue weighted by atomic mass is 19.1. The summed E-state index contributed by atoms with van der Waals surface area (Å²) in [5.74, 6) is -0.635. The van der Waals surface area contributed by atoms with Crippen molar-refractivity contribution in [3.63, 3.8) is 0 Å². The van der Waals surface area contributed by atoms with Gasteiger partial charge in [0.05, 0.1) is 22.9 Å². The first-order chi connectivity index (χ1) is 15.7. The molecular formula is C25H16FN5O. The largest absolute Gasteiger partial charge is 0.508 e. The van der Waals surface area contributed by atoms with Crippen molar-refractivity contribution in [3.05, 3.63) is 85.2 Å². The van der Waals surface area contributed by atoms with E-state index >= 15 is 0 Å². The molecule has 0 aliphatic rings. The van der Waals surface area contributed by atoms with Crippen LogP contribution < -0.4 is 0 Å². The molecule has 154 valence electrons. The van der Waals surface area contributed by atoms with E-state index in [-0.39, 0.29) is 5.75 Å². The number of pyridine rings is 2. The summed E-state index contributed by atoms with van der Waals surface area (Å²) in [6, 6.07) is 16.0. The molecule has 32 heavy (non-hydrogen) atoms. The van der Waals surface area contributed by atoms with Crippen molar-refractivity contribution in [1.29, 1.82) is 0 Å². The van der Waals surface area contributed by atoms with Crippen LogP contribution in [-0.2, 0) is 0 Å². The minimum Gasteiger partial charge on any atom is -0.508 e. The molecule has 0 radical (unpaired) electrons. The van der Waals surface area contributed by atoms with Crippen LogP contribution in [-0.4, -0.2) is 30.3 Å². The molecule has 0 aliphatic heterocycles. The summed E-state index contributed by atoms with van der Waals surface area (Å²) in [5.41, 5.74) is 6.72. The second-order valence-electron chi connectivity index (χ2n) is 7.60. The number of hydrogen-bond acceptors (Lipinski definition) is 4. The molecule has 0 unspecified atom stereocenters. The highest BCUT2D eigenvalue weighted by Crippen LogP contribution is 2.35. The zero-order chi connectivity index (χ0) is 21.7. The van der Waals surface area contributed by atoms with Gasteiger partial charge in [-0.15, -0.1) is 0 Å². The number of fused-ring (bicyclic) bond motifs is 2. The van der Waals surface area contributed by atoms with Gasteiger partial charge in [-0.05, 0) is 59.2 Å². The smallest absolute Gasteiger partial charge is 0.127 e. The number of benzene rings is 2. The van der Waals surface area contributed by atoms with Crippen molar-refractivity contribution in [3.8, 4) is 39.4 Å². The number of nitrogens with one attached hydrogen (secondary N) is 2. The summed E-state index contributed by atoms with van der Waals surface area (Å²) in [4.78, 5) is 11.8. The van der Waals surface area contributed by atoms with Crippen molar-refractivity contribution < 1.29 is 9.50 Å². The number of H-pyrrole nitrogens is 2. The minimum atomic E-state index is -0.505. The molecule has 4 heterocycles. The summed E-state index contributed by atoms with van der Waals surface area (Å²) in [6.45, 7) is 0. The Hall–Kier alpha value is -4.52. The first kappa shape index (κ1) is 18.3. The molecule has 0 spiro atoms. The third-order valence-corrected chi connectivity index (χ3v) is 5.57. The van der Waals surface area contributed by atoms with Crippen LogP contribution in [0.5, 0.6) is 5.75 Å². The maximum atomic E-state index is 13.9. The quantitative estimate of drug-likeness (QED) is 0.343. The number of halogens is 1. The van der Waals surface area contributed by atoms with Gasteiger partial charge in [-0.25, -0.2) is 4.39 Å². The summed E-state index contributed by atoms with van der Waals surface area (Å²) in [5, 5.41) is 19.3. The van der Waals surface area contributed by atoms with Crippen molar-refractivity contribution in [2.45, 2.75) is 0 Å². The number of rotatable bonds is 3. The van der Waals surface area contributed by atoms with Gasteiger partial charge >= 0.3 is 0 Å². The fourth-order valence-corrected chi connectivity index (χ4v) is 4.08. The van der Waals surface area contributed by atoms with E-state index in [9.17, 15) is 9.50 Å². The molecule has 0 atom stereocenters. The second kappa shape index (κ2) is 7.02. The zero-order valence-corrected chi connectivity index (χ0v) is 16.7. The molecule has 7 heteroatoms. The van der Waals surface area contributed by atoms with Gasteiger partial charge in [0.1, 0.15) is 17.3 Å². The van der Waals surface area contributed by atoms with Crippen LogP contribution in [0.15, 0.2) is 79.4 Å². The first-order valence-electron chi connectivity index (χ1n) is 10.0. The number of hydrogen-bond donors (Lipinski definition) is 3. The number of nitrogens with zero attached hydrogens (tertiary/aromatic N) is 3. The molecule has 6 aromatic rings. The summed E-state index contributed by atoms with van der Waals surface area (Å²) in [7, 11) is 0. The van der Waals surface area contributed by atoms with E-state index < -0.39 is 5.82 Å². The van der Waals surface area contributed by atoms with Gasteiger partial charge in [-0.1, -0.05) is 6.07 Å². The number of phenolic OH excluding ortho intramolecular Hbond substituents is 1. The Morgan fingerprint density at radius 3 is 2.47 bits per heavy atom. The van der Waals surface area contributed by atoms with E-state index in [1.807, 2.05) is 30.3 Å².